The Kier molecular flexibility index (Phi) is 6.36. The number of esters is 1. The van der Waals surface area contributed by atoms with Crippen molar-refractivity contribution in [3.05, 3.63) is 35.7 Å². The minimum Gasteiger partial charge on any atom is -0.451 e. The van der Waals surface area contributed by atoms with E-state index in [0.717, 1.165) is 29.0 Å². The number of anilines is 1. The molecule has 2 aromatic rings. The van der Waals surface area contributed by atoms with Crippen LogP contribution in [0, 0.1) is 11.8 Å². The highest BCUT2D eigenvalue weighted by Crippen LogP contribution is 2.39. The Labute approximate surface area is 190 Å². The predicted molar refractivity (Wildman–Crippen MR) is 118 cm³/mol. The number of nitrogens with one attached hydrogen (secondary N) is 1. The molecule has 4 unspecified atom stereocenters. The standard InChI is InChI=1S/C23H25N3O5S/c1-13(26-20(28)16-10-6-7-11-17(16)21(26)29)22(30)31-14(2)19(27)25-23-24-18(12-32-23)15-8-4-3-5-9-15/h3-5,8-9,12-14,16-17H,6-7,10-11H2,1-2H3,(H,24,25,27). The Bertz CT molecular complexity index is 1010. The molecule has 2 aliphatic rings. The number of fused-ring (bicyclic) bond motifs is 1. The van der Waals surface area contributed by atoms with Gasteiger partial charge in [-0.2, -0.15) is 0 Å². The number of hydrogen-bond donors (Lipinski definition) is 1. The third kappa shape index (κ3) is 4.29. The van der Waals surface area contributed by atoms with Gasteiger partial charge in [-0.3, -0.25) is 24.6 Å². The average Bonchev–Trinajstić information content (AvgIpc) is 3.37. The van der Waals surface area contributed by atoms with Crippen molar-refractivity contribution in [3.63, 3.8) is 0 Å². The largest absolute Gasteiger partial charge is 0.451 e. The van der Waals surface area contributed by atoms with Crippen LogP contribution in [-0.2, 0) is 23.9 Å². The summed E-state index contributed by atoms with van der Waals surface area (Å²) in [4.78, 5) is 55.9. The molecule has 2 fully saturated rings. The van der Waals surface area contributed by atoms with Crippen molar-refractivity contribution in [2.45, 2.75) is 51.7 Å². The molecule has 1 aliphatic heterocycles. The zero-order valence-corrected chi connectivity index (χ0v) is 18.8. The van der Waals surface area contributed by atoms with Crippen LogP contribution in [0.15, 0.2) is 35.7 Å². The molecule has 4 rings (SSSR count). The summed E-state index contributed by atoms with van der Waals surface area (Å²) < 4.78 is 5.28. The third-order valence-electron chi connectivity index (χ3n) is 6.07. The van der Waals surface area contributed by atoms with Gasteiger partial charge in [-0.15, -0.1) is 11.3 Å². The molecule has 0 spiro atoms. The van der Waals surface area contributed by atoms with Crippen molar-refractivity contribution in [1.29, 1.82) is 0 Å². The first-order valence-electron chi connectivity index (χ1n) is 10.8. The summed E-state index contributed by atoms with van der Waals surface area (Å²) >= 11 is 1.27. The van der Waals surface area contributed by atoms with E-state index in [-0.39, 0.29) is 23.7 Å². The van der Waals surface area contributed by atoms with Gasteiger partial charge >= 0.3 is 5.97 Å². The fourth-order valence-electron chi connectivity index (χ4n) is 4.28. The molecular weight excluding hydrogens is 430 g/mol. The number of benzene rings is 1. The normalized spacial score (nSPS) is 22.2. The van der Waals surface area contributed by atoms with Crippen molar-refractivity contribution in [2.24, 2.45) is 11.8 Å². The zero-order valence-electron chi connectivity index (χ0n) is 17.9. The SMILES string of the molecule is CC(OC(=O)C(C)N1C(=O)C2CCCCC2C1=O)C(=O)Nc1nc(-c2ccccc2)cs1. The Morgan fingerprint density at radius 2 is 1.72 bits per heavy atom. The monoisotopic (exact) mass is 455 g/mol. The quantitative estimate of drug-likeness (QED) is 0.530. The number of carbonyl (C=O) groups is 4. The van der Waals surface area contributed by atoms with Gasteiger partial charge in [-0.1, -0.05) is 43.2 Å². The first-order valence-corrected chi connectivity index (χ1v) is 11.6. The Morgan fingerprint density at radius 1 is 1.09 bits per heavy atom. The number of imide groups is 1. The van der Waals surface area contributed by atoms with Crippen LogP contribution in [0.1, 0.15) is 39.5 Å². The summed E-state index contributed by atoms with van der Waals surface area (Å²) in [6.07, 6.45) is 2.06. The summed E-state index contributed by atoms with van der Waals surface area (Å²) in [7, 11) is 0. The van der Waals surface area contributed by atoms with Crippen LogP contribution in [0.25, 0.3) is 11.3 Å². The molecule has 1 saturated carbocycles. The van der Waals surface area contributed by atoms with E-state index in [9.17, 15) is 19.2 Å². The first-order chi connectivity index (χ1) is 15.4. The minimum absolute atomic E-state index is 0.308. The molecule has 2 heterocycles. The number of hydrogen-bond acceptors (Lipinski definition) is 7. The smallest absolute Gasteiger partial charge is 0.329 e. The van der Waals surface area contributed by atoms with Crippen LogP contribution in [0.5, 0.6) is 0 Å². The highest BCUT2D eigenvalue weighted by Gasteiger charge is 2.51. The maximum atomic E-state index is 12.7. The Balaban J connectivity index is 1.35. The van der Waals surface area contributed by atoms with Crippen LogP contribution in [0.2, 0.25) is 0 Å². The van der Waals surface area contributed by atoms with Gasteiger partial charge in [0, 0.05) is 10.9 Å². The number of ether oxygens (including phenoxy) is 1. The Morgan fingerprint density at radius 3 is 2.34 bits per heavy atom. The topological polar surface area (TPSA) is 106 Å². The lowest BCUT2D eigenvalue weighted by atomic mass is 9.81. The van der Waals surface area contributed by atoms with Crippen LogP contribution in [-0.4, -0.2) is 45.7 Å². The number of likely N-dealkylation sites (tertiary alicyclic amines) is 1. The third-order valence-corrected chi connectivity index (χ3v) is 6.83. The van der Waals surface area contributed by atoms with Gasteiger partial charge in [0.1, 0.15) is 6.04 Å². The molecular formula is C23H25N3O5S. The average molecular weight is 456 g/mol. The molecule has 3 amide bonds. The van der Waals surface area contributed by atoms with E-state index < -0.39 is 24.0 Å². The summed E-state index contributed by atoms with van der Waals surface area (Å²) in [5.41, 5.74) is 1.66. The van der Waals surface area contributed by atoms with E-state index in [1.165, 1.54) is 25.2 Å². The van der Waals surface area contributed by atoms with Crippen LogP contribution >= 0.6 is 11.3 Å². The van der Waals surface area contributed by atoms with Gasteiger partial charge in [0.25, 0.3) is 5.91 Å². The molecule has 0 bridgehead atoms. The van der Waals surface area contributed by atoms with Crippen molar-refractivity contribution >= 4 is 40.2 Å². The van der Waals surface area contributed by atoms with Gasteiger partial charge in [0.2, 0.25) is 11.8 Å². The van der Waals surface area contributed by atoms with Gasteiger partial charge in [0.15, 0.2) is 11.2 Å². The number of rotatable bonds is 6. The first kappa shape index (κ1) is 22.1. The van der Waals surface area contributed by atoms with Gasteiger partial charge in [0.05, 0.1) is 17.5 Å². The lowest BCUT2D eigenvalue weighted by Gasteiger charge is -2.23. The number of carbonyl (C=O) groups excluding carboxylic acids is 4. The molecule has 168 valence electrons. The lowest BCUT2D eigenvalue weighted by Crippen LogP contribution is -2.46. The van der Waals surface area contributed by atoms with Gasteiger partial charge < -0.3 is 4.74 Å². The van der Waals surface area contributed by atoms with Crippen molar-refractivity contribution in [2.75, 3.05) is 5.32 Å². The zero-order chi connectivity index (χ0) is 22.8. The Hall–Kier alpha value is -3.07. The number of aromatic nitrogens is 1. The maximum absolute atomic E-state index is 12.7. The second-order valence-electron chi connectivity index (χ2n) is 8.19. The predicted octanol–water partition coefficient (Wildman–Crippen LogP) is 3.24. The highest BCUT2D eigenvalue weighted by atomic mass is 32.1. The molecule has 0 radical (unpaired) electrons. The van der Waals surface area contributed by atoms with E-state index in [0.29, 0.717) is 18.0 Å². The van der Waals surface area contributed by atoms with Crippen LogP contribution < -0.4 is 5.32 Å². The van der Waals surface area contributed by atoms with Crippen LogP contribution in [0.4, 0.5) is 5.13 Å². The second kappa shape index (κ2) is 9.20. The van der Waals surface area contributed by atoms with Gasteiger partial charge in [-0.25, -0.2) is 9.78 Å². The van der Waals surface area contributed by atoms with Crippen molar-refractivity contribution in [1.82, 2.24) is 9.88 Å². The molecule has 1 aliphatic carbocycles. The highest BCUT2D eigenvalue weighted by molar-refractivity contribution is 7.14. The van der Waals surface area contributed by atoms with E-state index in [2.05, 4.69) is 10.3 Å². The molecule has 4 atom stereocenters. The fraction of sp³-hybridized carbons (Fsp3) is 0.435. The molecule has 1 aromatic heterocycles. The van der Waals surface area contributed by atoms with Crippen LogP contribution in [0.3, 0.4) is 0 Å². The molecule has 32 heavy (non-hydrogen) atoms. The van der Waals surface area contributed by atoms with Crippen molar-refractivity contribution < 1.29 is 23.9 Å². The molecule has 9 heteroatoms. The molecule has 1 saturated heterocycles. The summed E-state index contributed by atoms with van der Waals surface area (Å²) in [5, 5.41) is 4.86. The van der Waals surface area contributed by atoms with Crippen molar-refractivity contribution in [3.8, 4) is 11.3 Å². The lowest BCUT2D eigenvalue weighted by molar-refractivity contribution is -0.163. The number of thiazole rings is 1. The van der Waals surface area contributed by atoms with E-state index >= 15 is 0 Å². The van der Waals surface area contributed by atoms with Gasteiger partial charge in [-0.05, 0) is 26.7 Å². The number of amides is 3. The van der Waals surface area contributed by atoms with E-state index in [1.807, 2.05) is 35.7 Å². The fourth-order valence-corrected chi connectivity index (χ4v) is 5.00. The molecule has 1 aromatic carbocycles. The summed E-state index contributed by atoms with van der Waals surface area (Å²) in [6, 6.07) is 8.49. The summed E-state index contributed by atoms with van der Waals surface area (Å²) in [6.45, 7) is 2.91. The minimum atomic E-state index is -1.11. The molecule has 8 nitrogen and oxygen atoms in total. The number of nitrogens with zero attached hydrogens (tertiary/aromatic N) is 2. The maximum Gasteiger partial charge on any atom is 0.329 e. The second-order valence-corrected chi connectivity index (χ2v) is 9.05. The molecule has 1 N–H and O–H groups in total. The van der Waals surface area contributed by atoms with E-state index in [4.69, 9.17) is 4.74 Å². The van der Waals surface area contributed by atoms with E-state index in [1.54, 1.807) is 0 Å². The summed E-state index contributed by atoms with van der Waals surface area (Å²) in [5.74, 6) is -2.61.